The Morgan fingerprint density at radius 1 is 1.00 bits per heavy atom. The van der Waals surface area contributed by atoms with Crippen LogP contribution in [0.4, 0.5) is 10.1 Å². The van der Waals surface area contributed by atoms with Crippen molar-refractivity contribution in [1.29, 1.82) is 0 Å². The van der Waals surface area contributed by atoms with Crippen LogP contribution in [0.25, 0.3) is 5.76 Å². The van der Waals surface area contributed by atoms with Crippen molar-refractivity contribution in [1.82, 2.24) is 4.98 Å². The minimum absolute atomic E-state index is 0.0549. The van der Waals surface area contributed by atoms with Crippen LogP contribution in [0.1, 0.15) is 17.2 Å². The molecule has 4 rings (SSSR count). The predicted octanol–water partition coefficient (Wildman–Crippen LogP) is 3.86. The van der Waals surface area contributed by atoms with Gasteiger partial charge in [-0.3, -0.25) is 19.5 Å². The molecular formula is C23H17FN2O4. The van der Waals surface area contributed by atoms with Gasteiger partial charge in [0, 0.05) is 23.6 Å². The van der Waals surface area contributed by atoms with E-state index in [0.717, 1.165) is 0 Å². The van der Waals surface area contributed by atoms with Gasteiger partial charge in [0.25, 0.3) is 11.7 Å². The second-order valence-electron chi connectivity index (χ2n) is 6.65. The molecular weight excluding hydrogens is 387 g/mol. The van der Waals surface area contributed by atoms with Gasteiger partial charge in [-0.15, -0.1) is 0 Å². The van der Waals surface area contributed by atoms with Crippen LogP contribution in [0.5, 0.6) is 5.75 Å². The summed E-state index contributed by atoms with van der Waals surface area (Å²) in [5, 5.41) is 11.0. The first-order valence-electron chi connectivity index (χ1n) is 9.12. The lowest BCUT2D eigenvalue weighted by Crippen LogP contribution is -2.29. The van der Waals surface area contributed by atoms with Crippen LogP contribution in [0.15, 0.2) is 78.6 Å². The van der Waals surface area contributed by atoms with Crippen LogP contribution in [-0.2, 0) is 9.59 Å². The minimum atomic E-state index is -0.888. The van der Waals surface area contributed by atoms with Crippen molar-refractivity contribution in [2.45, 2.75) is 6.04 Å². The zero-order chi connectivity index (χ0) is 21.3. The molecule has 3 aromatic rings. The molecule has 2 heterocycles. The normalized spacial score (nSPS) is 17.9. The Balaban J connectivity index is 1.90. The van der Waals surface area contributed by atoms with Crippen LogP contribution in [0.3, 0.4) is 0 Å². The Kier molecular flexibility index (Phi) is 5.02. The third-order valence-electron chi connectivity index (χ3n) is 4.93. The van der Waals surface area contributed by atoms with E-state index in [4.69, 9.17) is 4.74 Å². The number of aliphatic hydroxyl groups is 1. The molecule has 1 unspecified atom stereocenters. The van der Waals surface area contributed by atoms with Gasteiger partial charge < -0.3 is 9.84 Å². The van der Waals surface area contributed by atoms with Crippen molar-refractivity contribution >= 4 is 23.1 Å². The molecule has 1 N–H and O–H groups in total. The van der Waals surface area contributed by atoms with Crippen molar-refractivity contribution in [2.24, 2.45) is 0 Å². The Hall–Kier alpha value is -4.00. The highest BCUT2D eigenvalue weighted by atomic mass is 19.1. The number of halogens is 1. The number of amides is 1. The third-order valence-corrected chi connectivity index (χ3v) is 4.93. The van der Waals surface area contributed by atoms with Gasteiger partial charge in [0.05, 0.1) is 18.7 Å². The number of aliphatic hydroxyl groups excluding tert-OH is 1. The summed E-state index contributed by atoms with van der Waals surface area (Å²) in [7, 11) is 1.52. The number of ether oxygens (including phenoxy) is 1. The summed E-state index contributed by atoms with van der Waals surface area (Å²) < 4.78 is 18.5. The number of methoxy groups -OCH3 is 1. The zero-order valence-corrected chi connectivity index (χ0v) is 15.9. The van der Waals surface area contributed by atoms with Gasteiger partial charge in [-0.25, -0.2) is 4.39 Å². The number of hydrogen-bond donors (Lipinski definition) is 1. The van der Waals surface area contributed by atoms with Gasteiger partial charge in [0.2, 0.25) is 0 Å². The molecule has 1 aromatic heterocycles. The van der Waals surface area contributed by atoms with Crippen molar-refractivity contribution in [3.63, 3.8) is 0 Å². The van der Waals surface area contributed by atoms with Gasteiger partial charge in [0.15, 0.2) is 0 Å². The molecule has 7 heteroatoms. The highest BCUT2D eigenvalue weighted by Gasteiger charge is 2.46. The van der Waals surface area contributed by atoms with Crippen molar-refractivity contribution in [3.8, 4) is 5.75 Å². The number of anilines is 1. The fourth-order valence-electron chi connectivity index (χ4n) is 3.47. The van der Waals surface area contributed by atoms with E-state index >= 15 is 0 Å². The number of rotatable bonds is 4. The molecule has 0 bridgehead atoms. The van der Waals surface area contributed by atoms with E-state index in [1.54, 1.807) is 36.4 Å². The van der Waals surface area contributed by atoms with Crippen molar-refractivity contribution in [3.05, 3.63) is 95.6 Å². The highest BCUT2D eigenvalue weighted by Crippen LogP contribution is 2.42. The van der Waals surface area contributed by atoms with Crippen LogP contribution >= 0.6 is 0 Å². The molecule has 1 aliphatic heterocycles. The van der Waals surface area contributed by atoms with E-state index in [9.17, 15) is 19.1 Å². The summed E-state index contributed by atoms with van der Waals surface area (Å²) in [6.07, 6.45) is 3.07. The van der Waals surface area contributed by atoms with Gasteiger partial charge in [-0.2, -0.15) is 0 Å². The molecule has 0 saturated carbocycles. The lowest BCUT2D eigenvalue weighted by Gasteiger charge is -2.25. The first-order valence-corrected chi connectivity index (χ1v) is 9.12. The number of pyridine rings is 1. The number of benzene rings is 2. The SMILES string of the molecule is COc1ccc(/C(O)=C2/C(=O)C(=O)N(c3ccc(F)cc3)C2c2ccncc2)cc1. The maximum absolute atomic E-state index is 13.4. The Labute approximate surface area is 171 Å². The predicted molar refractivity (Wildman–Crippen MR) is 108 cm³/mol. The van der Waals surface area contributed by atoms with Gasteiger partial charge >= 0.3 is 0 Å². The van der Waals surface area contributed by atoms with Crippen LogP contribution in [0.2, 0.25) is 0 Å². The van der Waals surface area contributed by atoms with E-state index in [2.05, 4.69) is 4.98 Å². The molecule has 0 radical (unpaired) electrons. The second kappa shape index (κ2) is 7.79. The van der Waals surface area contributed by atoms with E-state index in [1.165, 1.54) is 48.7 Å². The molecule has 0 aliphatic carbocycles. The summed E-state index contributed by atoms with van der Waals surface area (Å²) in [6, 6.07) is 14.2. The highest BCUT2D eigenvalue weighted by molar-refractivity contribution is 6.51. The van der Waals surface area contributed by atoms with Crippen molar-refractivity contribution < 1.29 is 23.8 Å². The number of nitrogens with zero attached hydrogens (tertiary/aromatic N) is 2. The Morgan fingerprint density at radius 3 is 2.23 bits per heavy atom. The number of carbonyl (C=O) groups excluding carboxylic acids is 2. The standard InChI is InChI=1S/C23H17FN2O4/c1-30-18-8-2-15(3-9-18)21(27)19-20(14-10-12-25-13-11-14)26(23(29)22(19)28)17-6-4-16(24)5-7-17/h2-13,20,27H,1H3/b21-19-. The fraction of sp³-hybridized carbons (Fsp3) is 0.0870. The zero-order valence-electron chi connectivity index (χ0n) is 15.9. The number of aromatic nitrogens is 1. The molecule has 1 amide bonds. The average Bonchev–Trinajstić information content (AvgIpc) is 3.05. The second-order valence-corrected chi connectivity index (χ2v) is 6.65. The van der Waals surface area contributed by atoms with E-state index in [1.807, 2.05) is 0 Å². The molecule has 1 fully saturated rings. The lowest BCUT2D eigenvalue weighted by atomic mass is 9.95. The van der Waals surface area contributed by atoms with E-state index in [-0.39, 0.29) is 11.3 Å². The van der Waals surface area contributed by atoms with Crippen molar-refractivity contribution in [2.75, 3.05) is 12.0 Å². The molecule has 1 saturated heterocycles. The molecule has 30 heavy (non-hydrogen) atoms. The summed E-state index contributed by atoms with van der Waals surface area (Å²) in [4.78, 5) is 31.1. The molecule has 150 valence electrons. The summed E-state index contributed by atoms with van der Waals surface area (Å²) in [5.41, 5.74) is 1.24. The molecule has 1 atom stereocenters. The minimum Gasteiger partial charge on any atom is -0.507 e. The fourth-order valence-corrected chi connectivity index (χ4v) is 3.47. The largest absolute Gasteiger partial charge is 0.507 e. The monoisotopic (exact) mass is 404 g/mol. The molecule has 6 nitrogen and oxygen atoms in total. The molecule has 2 aromatic carbocycles. The van der Waals surface area contributed by atoms with Gasteiger partial charge in [-0.05, 0) is 66.2 Å². The number of carbonyl (C=O) groups is 2. The quantitative estimate of drug-likeness (QED) is 0.406. The Bertz CT molecular complexity index is 1130. The average molecular weight is 404 g/mol. The first-order chi connectivity index (χ1) is 14.5. The number of Topliss-reactive ketones (excluding diaryl/α,β-unsaturated/α-hetero) is 1. The van der Waals surface area contributed by atoms with Gasteiger partial charge in [-0.1, -0.05) is 0 Å². The summed E-state index contributed by atoms with van der Waals surface area (Å²) in [5.74, 6) is -1.81. The van der Waals surface area contributed by atoms with Gasteiger partial charge in [0.1, 0.15) is 17.3 Å². The number of hydrogen-bond acceptors (Lipinski definition) is 5. The van der Waals surface area contributed by atoms with E-state index in [0.29, 0.717) is 22.6 Å². The first kappa shape index (κ1) is 19.3. The molecule has 0 spiro atoms. The topological polar surface area (TPSA) is 79.7 Å². The maximum atomic E-state index is 13.4. The summed E-state index contributed by atoms with van der Waals surface area (Å²) >= 11 is 0. The lowest BCUT2D eigenvalue weighted by molar-refractivity contribution is -0.132. The number of ketones is 1. The Morgan fingerprint density at radius 2 is 1.63 bits per heavy atom. The van der Waals surface area contributed by atoms with Crippen LogP contribution in [-0.4, -0.2) is 28.9 Å². The van der Waals surface area contributed by atoms with Crippen LogP contribution in [0, 0.1) is 5.82 Å². The maximum Gasteiger partial charge on any atom is 0.300 e. The van der Waals surface area contributed by atoms with E-state index < -0.39 is 23.5 Å². The molecule has 1 aliphatic rings. The smallest absolute Gasteiger partial charge is 0.300 e. The summed E-state index contributed by atoms with van der Waals surface area (Å²) in [6.45, 7) is 0. The third kappa shape index (κ3) is 3.30. The van der Waals surface area contributed by atoms with Crippen LogP contribution < -0.4 is 9.64 Å².